The van der Waals surface area contributed by atoms with Gasteiger partial charge in [0.05, 0.1) is 22.2 Å². The van der Waals surface area contributed by atoms with Crippen LogP contribution < -0.4 is 5.32 Å². The number of carbonyl (C=O) groups is 2. The average Bonchev–Trinajstić information content (AvgIpc) is 3.10. The molecule has 1 aromatic carbocycles. The number of carboxylic acid groups (broad SMARTS) is 1. The molecule has 0 bridgehead atoms. The van der Waals surface area contributed by atoms with Gasteiger partial charge in [0, 0.05) is 18.4 Å². The molecule has 1 saturated carbocycles. The molecule has 0 unspecified atom stereocenters. The summed E-state index contributed by atoms with van der Waals surface area (Å²) in [6, 6.07) is 6.96. The highest BCUT2D eigenvalue weighted by Gasteiger charge is 2.27. The molecule has 1 aliphatic rings. The molecule has 1 amide bonds. The second-order valence-corrected chi connectivity index (χ2v) is 6.38. The summed E-state index contributed by atoms with van der Waals surface area (Å²) < 4.78 is 1.66. The van der Waals surface area contributed by atoms with Crippen molar-refractivity contribution in [2.24, 2.45) is 5.92 Å². The average molecular weight is 348 g/mol. The van der Waals surface area contributed by atoms with E-state index in [-0.39, 0.29) is 17.9 Å². The van der Waals surface area contributed by atoms with Gasteiger partial charge in [0.15, 0.2) is 0 Å². The fourth-order valence-electron chi connectivity index (χ4n) is 3.00. The van der Waals surface area contributed by atoms with E-state index in [0.29, 0.717) is 36.3 Å². The van der Waals surface area contributed by atoms with Crippen molar-refractivity contribution in [1.82, 2.24) is 15.1 Å². The van der Waals surface area contributed by atoms with Crippen LogP contribution in [0.4, 0.5) is 0 Å². The number of benzene rings is 1. The van der Waals surface area contributed by atoms with Gasteiger partial charge in [-0.2, -0.15) is 5.10 Å². The Morgan fingerprint density at radius 1 is 1.25 bits per heavy atom. The lowest BCUT2D eigenvalue weighted by Gasteiger charge is -2.27. The number of nitrogens with one attached hydrogen (secondary N) is 1. The zero-order valence-electron chi connectivity index (χ0n) is 13.0. The van der Waals surface area contributed by atoms with Crippen LogP contribution in [0.3, 0.4) is 0 Å². The lowest BCUT2D eigenvalue weighted by atomic mass is 9.86. The normalized spacial score (nSPS) is 20.5. The third-order valence-electron chi connectivity index (χ3n) is 4.38. The molecule has 0 radical (unpaired) electrons. The van der Waals surface area contributed by atoms with Crippen LogP contribution in [0.1, 0.15) is 36.0 Å². The molecule has 0 spiro atoms. The highest BCUT2D eigenvalue weighted by Crippen LogP contribution is 2.25. The lowest BCUT2D eigenvalue weighted by Crippen LogP contribution is -2.38. The molecule has 7 heteroatoms. The molecule has 1 fully saturated rings. The SMILES string of the molecule is O=C(NC1CCC(C(=O)O)CC1)c1cc(-n2cccn2)ccc1Cl. The van der Waals surface area contributed by atoms with E-state index in [0.717, 1.165) is 5.69 Å². The second kappa shape index (κ2) is 7.05. The molecule has 0 aliphatic heterocycles. The molecule has 0 saturated heterocycles. The zero-order chi connectivity index (χ0) is 17.1. The summed E-state index contributed by atoms with van der Waals surface area (Å²) in [5, 5.41) is 16.5. The van der Waals surface area contributed by atoms with Gasteiger partial charge >= 0.3 is 5.97 Å². The molecule has 0 atom stereocenters. The lowest BCUT2D eigenvalue weighted by molar-refractivity contribution is -0.142. The summed E-state index contributed by atoms with van der Waals surface area (Å²) in [7, 11) is 0. The van der Waals surface area contributed by atoms with Gasteiger partial charge in [0.25, 0.3) is 5.91 Å². The predicted octanol–water partition coefficient (Wildman–Crippen LogP) is 2.90. The summed E-state index contributed by atoms with van der Waals surface area (Å²) >= 11 is 6.17. The first-order chi connectivity index (χ1) is 11.5. The van der Waals surface area contributed by atoms with Crippen LogP contribution in [0.2, 0.25) is 5.02 Å². The highest BCUT2D eigenvalue weighted by molar-refractivity contribution is 6.33. The van der Waals surface area contributed by atoms with Crippen molar-refractivity contribution in [2.75, 3.05) is 0 Å². The number of aliphatic carboxylic acids is 1. The van der Waals surface area contributed by atoms with E-state index in [9.17, 15) is 9.59 Å². The van der Waals surface area contributed by atoms with Crippen LogP contribution >= 0.6 is 11.6 Å². The van der Waals surface area contributed by atoms with Gasteiger partial charge in [0.1, 0.15) is 0 Å². The largest absolute Gasteiger partial charge is 0.481 e. The first-order valence-electron chi connectivity index (χ1n) is 7.88. The van der Waals surface area contributed by atoms with E-state index in [1.54, 1.807) is 41.3 Å². The van der Waals surface area contributed by atoms with Gasteiger partial charge in [-0.15, -0.1) is 0 Å². The monoisotopic (exact) mass is 347 g/mol. The molecular formula is C17H18ClN3O3. The van der Waals surface area contributed by atoms with Gasteiger partial charge in [-0.1, -0.05) is 11.6 Å². The van der Waals surface area contributed by atoms with Crippen molar-refractivity contribution < 1.29 is 14.7 Å². The van der Waals surface area contributed by atoms with Crippen LogP contribution in [0.25, 0.3) is 5.69 Å². The Balaban J connectivity index is 1.69. The number of carbonyl (C=O) groups excluding carboxylic acids is 1. The minimum Gasteiger partial charge on any atom is -0.481 e. The second-order valence-electron chi connectivity index (χ2n) is 5.98. The van der Waals surface area contributed by atoms with Crippen molar-refractivity contribution in [1.29, 1.82) is 0 Å². The van der Waals surface area contributed by atoms with Crippen LogP contribution in [0, 0.1) is 5.92 Å². The quantitative estimate of drug-likeness (QED) is 0.890. The molecule has 1 aromatic heterocycles. The van der Waals surface area contributed by atoms with Crippen molar-refractivity contribution in [3.63, 3.8) is 0 Å². The number of aromatic nitrogens is 2. The first-order valence-corrected chi connectivity index (χ1v) is 8.25. The number of amides is 1. The minimum absolute atomic E-state index is 0.0162. The van der Waals surface area contributed by atoms with E-state index in [4.69, 9.17) is 16.7 Å². The van der Waals surface area contributed by atoms with Crippen LogP contribution in [-0.4, -0.2) is 32.8 Å². The standard InChI is InChI=1S/C17H18ClN3O3/c18-15-7-6-13(21-9-1-8-19-21)10-14(15)16(22)20-12-4-2-11(3-5-12)17(23)24/h1,6-12H,2-5H2,(H,20,22)(H,23,24). The Morgan fingerprint density at radius 2 is 2.00 bits per heavy atom. The molecular weight excluding hydrogens is 330 g/mol. The molecule has 2 N–H and O–H groups in total. The van der Waals surface area contributed by atoms with E-state index < -0.39 is 5.97 Å². The van der Waals surface area contributed by atoms with E-state index in [1.165, 1.54) is 0 Å². The van der Waals surface area contributed by atoms with Gasteiger partial charge in [-0.3, -0.25) is 9.59 Å². The number of halogens is 1. The fourth-order valence-corrected chi connectivity index (χ4v) is 3.20. The summed E-state index contributed by atoms with van der Waals surface area (Å²) in [6.45, 7) is 0. The topological polar surface area (TPSA) is 84.2 Å². The Morgan fingerprint density at radius 3 is 2.62 bits per heavy atom. The Hall–Kier alpha value is -2.34. The number of hydrogen-bond acceptors (Lipinski definition) is 3. The summed E-state index contributed by atoms with van der Waals surface area (Å²) in [5.41, 5.74) is 1.15. The van der Waals surface area contributed by atoms with Gasteiger partial charge in [-0.25, -0.2) is 4.68 Å². The fraction of sp³-hybridized carbons (Fsp3) is 0.353. The van der Waals surface area contributed by atoms with E-state index >= 15 is 0 Å². The maximum absolute atomic E-state index is 12.5. The summed E-state index contributed by atoms with van der Waals surface area (Å²) in [6.07, 6.45) is 5.95. The molecule has 6 nitrogen and oxygen atoms in total. The van der Waals surface area contributed by atoms with E-state index in [2.05, 4.69) is 10.4 Å². The van der Waals surface area contributed by atoms with Gasteiger partial charge in [-0.05, 0) is 49.9 Å². The van der Waals surface area contributed by atoms with Crippen LogP contribution in [0.15, 0.2) is 36.7 Å². The number of carboxylic acids is 1. The Kier molecular flexibility index (Phi) is 4.85. The Labute approximate surface area is 144 Å². The maximum atomic E-state index is 12.5. The molecule has 24 heavy (non-hydrogen) atoms. The molecule has 1 heterocycles. The van der Waals surface area contributed by atoms with Crippen molar-refractivity contribution in [3.05, 3.63) is 47.2 Å². The summed E-state index contributed by atoms with van der Waals surface area (Å²) in [5.74, 6) is -1.30. The zero-order valence-corrected chi connectivity index (χ0v) is 13.7. The Bertz CT molecular complexity index is 738. The van der Waals surface area contributed by atoms with Crippen LogP contribution in [0.5, 0.6) is 0 Å². The van der Waals surface area contributed by atoms with Crippen LogP contribution in [-0.2, 0) is 4.79 Å². The number of nitrogens with zero attached hydrogens (tertiary/aromatic N) is 2. The number of hydrogen-bond donors (Lipinski definition) is 2. The third kappa shape index (κ3) is 3.59. The number of rotatable bonds is 4. The summed E-state index contributed by atoms with van der Waals surface area (Å²) in [4.78, 5) is 23.5. The minimum atomic E-state index is -0.755. The highest BCUT2D eigenvalue weighted by atomic mass is 35.5. The predicted molar refractivity (Wildman–Crippen MR) is 89.4 cm³/mol. The van der Waals surface area contributed by atoms with Gasteiger partial charge < -0.3 is 10.4 Å². The van der Waals surface area contributed by atoms with Crippen molar-refractivity contribution in [2.45, 2.75) is 31.7 Å². The maximum Gasteiger partial charge on any atom is 0.306 e. The molecule has 126 valence electrons. The molecule has 3 rings (SSSR count). The van der Waals surface area contributed by atoms with E-state index in [1.807, 2.05) is 0 Å². The smallest absolute Gasteiger partial charge is 0.306 e. The molecule has 1 aliphatic carbocycles. The first kappa shape index (κ1) is 16.5. The van der Waals surface area contributed by atoms with Crippen molar-refractivity contribution >= 4 is 23.5 Å². The van der Waals surface area contributed by atoms with Gasteiger partial charge in [0.2, 0.25) is 0 Å². The molecule has 2 aromatic rings. The third-order valence-corrected chi connectivity index (χ3v) is 4.70. The van der Waals surface area contributed by atoms with Crippen molar-refractivity contribution in [3.8, 4) is 5.69 Å².